The number of ether oxygens (including phenoxy) is 1. The van der Waals surface area contributed by atoms with E-state index < -0.39 is 0 Å². The average Bonchev–Trinajstić information content (AvgIpc) is 3.22. The first-order chi connectivity index (χ1) is 11.6. The summed E-state index contributed by atoms with van der Waals surface area (Å²) in [6.45, 7) is 7.20. The molecular formula is C15H21N5O4. The zero-order valence-electron chi connectivity index (χ0n) is 13.9. The molecule has 0 unspecified atom stereocenters. The number of hydrogen-bond acceptors (Lipinski definition) is 8. The summed E-state index contributed by atoms with van der Waals surface area (Å²) in [4.78, 5) is 20.5. The lowest BCUT2D eigenvalue weighted by molar-refractivity contribution is -0.135. The standard InChI is InChI=1S/C15H21N5O4/c1-3-13-16-12(17-24-13)9-19-4-6-20(7-5-19)15(21)10-22-14-8-11(2)23-18-14/h8H,3-7,9-10H2,1-2H3. The van der Waals surface area contributed by atoms with Gasteiger partial charge in [-0.25, -0.2) is 0 Å². The summed E-state index contributed by atoms with van der Waals surface area (Å²) in [5.74, 6) is 2.28. The van der Waals surface area contributed by atoms with E-state index in [9.17, 15) is 4.79 Å². The fraction of sp³-hybridized carbons (Fsp3) is 0.600. The molecule has 9 nitrogen and oxygen atoms in total. The summed E-state index contributed by atoms with van der Waals surface area (Å²) >= 11 is 0. The predicted octanol–water partition coefficient (Wildman–Crippen LogP) is 0.652. The minimum atomic E-state index is -0.0527. The number of rotatable bonds is 6. The summed E-state index contributed by atoms with van der Waals surface area (Å²) in [7, 11) is 0. The van der Waals surface area contributed by atoms with E-state index in [0.29, 0.717) is 43.0 Å². The third kappa shape index (κ3) is 4.10. The van der Waals surface area contributed by atoms with Gasteiger partial charge in [0.1, 0.15) is 5.76 Å². The first-order valence-electron chi connectivity index (χ1n) is 8.01. The highest BCUT2D eigenvalue weighted by Gasteiger charge is 2.22. The summed E-state index contributed by atoms with van der Waals surface area (Å²) in [5.41, 5.74) is 0. The van der Waals surface area contributed by atoms with Gasteiger partial charge in [0.05, 0.1) is 6.54 Å². The third-order valence-corrected chi connectivity index (χ3v) is 3.85. The van der Waals surface area contributed by atoms with E-state index in [1.54, 1.807) is 17.9 Å². The molecule has 1 aliphatic rings. The van der Waals surface area contributed by atoms with Crippen LogP contribution in [0.4, 0.5) is 0 Å². The quantitative estimate of drug-likeness (QED) is 0.759. The fourth-order valence-electron chi connectivity index (χ4n) is 2.49. The zero-order valence-corrected chi connectivity index (χ0v) is 13.9. The molecule has 0 aliphatic carbocycles. The summed E-state index contributed by atoms with van der Waals surface area (Å²) in [6, 6.07) is 1.65. The van der Waals surface area contributed by atoms with Crippen molar-refractivity contribution in [3.05, 3.63) is 23.5 Å². The number of aryl methyl sites for hydroxylation is 2. The van der Waals surface area contributed by atoms with E-state index >= 15 is 0 Å². The van der Waals surface area contributed by atoms with E-state index in [1.165, 1.54) is 0 Å². The maximum Gasteiger partial charge on any atom is 0.260 e. The number of amides is 1. The molecule has 0 radical (unpaired) electrons. The molecule has 1 fully saturated rings. The smallest absolute Gasteiger partial charge is 0.260 e. The number of piperazine rings is 1. The van der Waals surface area contributed by atoms with Crippen LogP contribution in [0.2, 0.25) is 0 Å². The SMILES string of the molecule is CCc1nc(CN2CCN(C(=O)COc3cc(C)on3)CC2)no1. The maximum atomic E-state index is 12.2. The maximum absolute atomic E-state index is 12.2. The van der Waals surface area contributed by atoms with E-state index in [-0.39, 0.29) is 12.5 Å². The van der Waals surface area contributed by atoms with Crippen LogP contribution in [0, 0.1) is 6.92 Å². The molecule has 1 saturated heterocycles. The Morgan fingerprint density at radius 3 is 2.67 bits per heavy atom. The van der Waals surface area contributed by atoms with Crippen molar-refractivity contribution >= 4 is 5.91 Å². The highest BCUT2D eigenvalue weighted by molar-refractivity contribution is 5.77. The van der Waals surface area contributed by atoms with Crippen molar-refractivity contribution in [3.63, 3.8) is 0 Å². The molecule has 0 saturated carbocycles. The van der Waals surface area contributed by atoms with E-state index in [4.69, 9.17) is 13.8 Å². The predicted molar refractivity (Wildman–Crippen MR) is 82.3 cm³/mol. The van der Waals surface area contributed by atoms with Gasteiger partial charge in [-0.3, -0.25) is 9.69 Å². The Morgan fingerprint density at radius 2 is 2.04 bits per heavy atom. The molecule has 1 amide bonds. The molecule has 0 atom stereocenters. The topological polar surface area (TPSA) is 97.7 Å². The Morgan fingerprint density at radius 1 is 1.25 bits per heavy atom. The average molecular weight is 335 g/mol. The largest absolute Gasteiger partial charge is 0.465 e. The minimum absolute atomic E-state index is 0.0311. The zero-order chi connectivity index (χ0) is 16.9. The first kappa shape index (κ1) is 16.4. The molecule has 0 spiro atoms. The molecule has 0 bridgehead atoms. The van der Waals surface area contributed by atoms with Crippen LogP contribution in [0.3, 0.4) is 0 Å². The van der Waals surface area contributed by atoms with Crippen LogP contribution in [-0.2, 0) is 17.8 Å². The summed E-state index contributed by atoms with van der Waals surface area (Å²) in [5, 5.41) is 7.66. The molecule has 1 aliphatic heterocycles. The van der Waals surface area contributed by atoms with E-state index in [2.05, 4.69) is 20.2 Å². The Kier molecular flexibility index (Phi) is 5.09. The number of nitrogens with zero attached hydrogens (tertiary/aromatic N) is 5. The van der Waals surface area contributed by atoms with Gasteiger partial charge in [-0.05, 0) is 12.1 Å². The van der Waals surface area contributed by atoms with Gasteiger partial charge in [0.25, 0.3) is 11.8 Å². The van der Waals surface area contributed by atoms with Crippen LogP contribution in [0.1, 0.15) is 24.4 Å². The lowest BCUT2D eigenvalue weighted by atomic mass is 10.3. The molecule has 2 aromatic rings. The van der Waals surface area contributed by atoms with Crippen molar-refractivity contribution in [2.24, 2.45) is 0 Å². The van der Waals surface area contributed by atoms with Crippen molar-refractivity contribution in [2.45, 2.75) is 26.8 Å². The minimum Gasteiger partial charge on any atom is -0.465 e. The molecule has 0 aromatic carbocycles. The summed E-state index contributed by atoms with van der Waals surface area (Å²) < 4.78 is 15.3. The summed E-state index contributed by atoms with van der Waals surface area (Å²) in [6.07, 6.45) is 0.736. The lowest BCUT2D eigenvalue weighted by Crippen LogP contribution is -2.49. The molecular weight excluding hydrogens is 314 g/mol. The Labute approximate surface area is 139 Å². The first-order valence-corrected chi connectivity index (χ1v) is 8.01. The van der Waals surface area contributed by atoms with Gasteiger partial charge >= 0.3 is 0 Å². The van der Waals surface area contributed by atoms with Gasteiger partial charge in [-0.2, -0.15) is 4.98 Å². The Balaban J connectivity index is 1.41. The van der Waals surface area contributed by atoms with Crippen LogP contribution < -0.4 is 4.74 Å². The van der Waals surface area contributed by atoms with Gasteiger partial charge in [-0.15, -0.1) is 0 Å². The van der Waals surface area contributed by atoms with Crippen LogP contribution in [0.5, 0.6) is 5.88 Å². The molecule has 9 heteroatoms. The molecule has 2 aromatic heterocycles. The van der Waals surface area contributed by atoms with Gasteiger partial charge in [0.15, 0.2) is 12.4 Å². The van der Waals surface area contributed by atoms with Crippen molar-refractivity contribution in [1.29, 1.82) is 0 Å². The van der Waals surface area contributed by atoms with E-state index in [1.807, 2.05) is 6.92 Å². The van der Waals surface area contributed by atoms with Crippen molar-refractivity contribution in [3.8, 4) is 5.88 Å². The highest BCUT2D eigenvalue weighted by atomic mass is 16.5. The Hall–Kier alpha value is -2.42. The lowest BCUT2D eigenvalue weighted by Gasteiger charge is -2.33. The molecule has 24 heavy (non-hydrogen) atoms. The van der Waals surface area contributed by atoms with Crippen molar-refractivity contribution < 1.29 is 18.6 Å². The number of carbonyl (C=O) groups excluding carboxylic acids is 1. The second-order valence-corrected chi connectivity index (χ2v) is 5.68. The van der Waals surface area contributed by atoms with Crippen LogP contribution in [-0.4, -0.2) is 63.8 Å². The van der Waals surface area contributed by atoms with Crippen LogP contribution >= 0.6 is 0 Å². The monoisotopic (exact) mass is 335 g/mol. The number of aromatic nitrogens is 3. The van der Waals surface area contributed by atoms with Gasteiger partial charge < -0.3 is 18.7 Å². The van der Waals surface area contributed by atoms with Gasteiger partial charge in [0, 0.05) is 38.7 Å². The van der Waals surface area contributed by atoms with E-state index in [0.717, 1.165) is 19.5 Å². The van der Waals surface area contributed by atoms with Crippen molar-refractivity contribution in [1.82, 2.24) is 25.1 Å². The van der Waals surface area contributed by atoms with Gasteiger partial charge in [0.2, 0.25) is 5.89 Å². The number of carbonyl (C=O) groups is 1. The number of hydrogen-bond donors (Lipinski definition) is 0. The fourth-order valence-corrected chi connectivity index (χ4v) is 2.49. The molecule has 0 N–H and O–H groups in total. The van der Waals surface area contributed by atoms with Gasteiger partial charge in [-0.1, -0.05) is 12.1 Å². The second-order valence-electron chi connectivity index (χ2n) is 5.68. The van der Waals surface area contributed by atoms with Crippen molar-refractivity contribution in [2.75, 3.05) is 32.8 Å². The molecule has 3 heterocycles. The highest BCUT2D eigenvalue weighted by Crippen LogP contribution is 2.11. The van der Waals surface area contributed by atoms with Crippen LogP contribution in [0.25, 0.3) is 0 Å². The second kappa shape index (κ2) is 7.43. The molecule has 3 rings (SSSR count). The normalized spacial score (nSPS) is 15.7. The van der Waals surface area contributed by atoms with Crippen LogP contribution in [0.15, 0.2) is 15.1 Å². The third-order valence-electron chi connectivity index (χ3n) is 3.85. The Bertz CT molecular complexity index is 675. The molecule has 130 valence electrons.